The van der Waals surface area contributed by atoms with E-state index in [1.165, 1.54) is 12.5 Å². The number of ketones is 1. The number of Topliss-reactive ketones (excluding diaryl/α,β-unsaturated/α-hetero) is 1. The molecule has 0 aliphatic carbocycles. The first-order chi connectivity index (χ1) is 17.5. The number of nitrogens with one attached hydrogen (secondary N) is 1. The van der Waals surface area contributed by atoms with Crippen LogP contribution in [0.15, 0.2) is 24.8 Å². The first-order valence-electron chi connectivity index (χ1n) is 10.6. The van der Waals surface area contributed by atoms with Crippen LogP contribution in [-0.2, 0) is 6.18 Å². The van der Waals surface area contributed by atoms with Gasteiger partial charge >= 0.3 is 6.18 Å². The van der Waals surface area contributed by atoms with Gasteiger partial charge in [0.15, 0.2) is 5.78 Å². The number of rotatable bonds is 8. The summed E-state index contributed by atoms with van der Waals surface area (Å²) in [5.41, 5.74) is -0.929. The van der Waals surface area contributed by atoms with E-state index >= 15 is 0 Å². The molecule has 1 amide bonds. The Morgan fingerprint density at radius 3 is 2.65 bits per heavy atom. The highest BCUT2D eigenvalue weighted by atomic mass is 35.5. The Kier molecular flexibility index (Phi) is 9.56. The molecule has 0 spiro atoms. The number of thiazole rings is 1. The number of anilines is 1. The average molecular weight is 572 g/mol. The summed E-state index contributed by atoms with van der Waals surface area (Å²) in [5.74, 6) is 3.72. The van der Waals surface area contributed by atoms with Gasteiger partial charge in [0, 0.05) is 31.6 Å². The van der Waals surface area contributed by atoms with Crippen LogP contribution in [0.4, 0.5) is 19.0 Å². The van der Waals surface area contributed by atoms with Crippen molar-refractivity contribution in [2.75, 3.05) is 11.9 Å². The lowest BCUT2D eigenvalue weighted by Gasteiger charge is -2.10. The van der Waals surface area contributed by atoms with Crippen molar-refractivity contribution < 1.29 is 27.9 Å². The molecule has 0 fully saturated rings. The van der Waals surface area contributed by atoms with Crippen LogP contribution in [-0.4, -0.2) is 43.3 Å². The molecule has 0 bridgehead atoms. The van der Waals surface area contributed by atoms with Gasteiger partial charge in [0.05, 0.1) is 21.8 Å². The van der Waals surface area contributed by atoms with E-state index < -0.39 is 28.6 Å². The van der Waals surface area contributed by atoms with Crippen molar-refractivity contribution >= 4 is 52.0 Å². The Hall–Kier alpha value is -3.11. The van der Waals surface area contributed by atoms with Gasteiger partial charge in [0.1, 0.15) is 33.4 Å². The van der Waals surface area contributed by atoms with Crippen LogP contribution < -0.4 is 5.32 Å². The van der Waals surface area contributed by atoms with Crippen LogP contribution in [0.2, 0.25) is 10.0 Å². The molecule has 3 rings (SSSR count). The van der Waals surface area contributed by atoms with Gasteiger partial charge in [-0.1, -0.05) is 36.0 Å². The van der Waals surface area contributed by atoms with Crippen molar-refractivity contribution in [2.24, 2.45) is 0 Å². The van der Waals surface area contributed by atoms with Crippen LogP contribution >= 0.6 is 34.5 Å². The topological polar surface area (TPSA) is 118 Å². The summed E-state index contributed by atoms with van der Waals surface area (Å²) in [6, 6.07) is 0.639. The summed E-state index contributed by atoms with van der Waals surface area (Å²) in [6.45, 7) is 1.73. The predicted octanol–water partition coefficient (Wildman–Crippen LogP) is 5.41. The van der Waals surface area contributed by atoms with E-state index in [1.54, 1.807) is 6.92 Å². The van der Waals surface area contributed by atoms with Gasteiger partial charge in [-0.15, -0.1) is 11.3 Å². The minimum Gasteiger partial charge on any atom is -0.396 e. The number of hydrogen-bond donors (Lipinski definition) is 2. The summed E-state index contributed by atoms with van der Waals surface area (Å²) >= 11 is 12.8. The van der Waals surface area contributed by atoms with Crippen LogP contribution in [0, 0.1) is 11.8 Å². The quantitative estimate of drug-likeness (QED) is 0.211. The molecule has 3 aromatic rings. The number of carbonyl (C=O) groups is 2. The molecule has 0 saturated heterocycles. The van der Waals surface area contributed by atoms with Gasteiger partial charge in [0.2, 0.25) is 0 Å². The van der Waals surface area contributed by atoms with Gasteiger partial charge in [-0.05, 0) is 18.4 Å². The fourth-order valence-corrected chi connectivity index (χ4v) is 4.27. The molecule has 0 unspecified atom stereocenters. The second-order valence-electron chi connectivity index (χ2n) is 7.61. The number of hydrogen-bond acceptors (Lipinski definition) is 8. The van der Waals surface area contributed by atoms with Gasteiger partial charge in [0.25, 0.3) is 5.91 Å². The molecule has 14 heteroatoms. The zero-order valence-electron chi connectivity index (χ0n) is 19.1. The van der Waals surface area contributed by atoms with Crippen molar-refractivity contribution in [3.8, 4) is 11.8 Å². The first-order valence-corrected chi connectivity index (χ1v) is 12.2. The molecule has 3 aromatic heterocycles. The van der Waals surface area contributed by atoms with Crippen LogP contribution in [0.1, 0.15) is 68.5 Å². The van der Waals surface area contributed by atoms with Crippen molar-refractivity contribution in [3.63, 3.8) is 0 Å². The Bertz CT molecular complexity index is 1370. The number of carbonyl (C=O) groups excluding carboxylic acids is 2. The molecule has 194 valence electrons. The normalized spacial score (nSPS) is 12.0. The van der Waals surface area contributed by atoms with Crippen molar-refractivity contribution in [3.05, 3.63) is 61.7 Å². The highest BCUT2D eigenvalue weighted by Crippen LogP contribution is 2.35. The van der Waals surface area contributed by atoms with Crippen LogP contribution in [0.5, 0.6) is 0 Å². The Labute approximate surface area is 223 Å². The molecule has 0 saturated carbocycles. The SMILES string of the molecule is C[C@H](CC(=O)c1ncnc(C#CCCCO)c1Cl)c1ncc(C(=O)Nc2cc(C(F)(F)F)c(Cl)cn2)s1. The summed E-state index contributed by atoms with van der Waals surface area (Å²) in [7, 11) is 0. The molecule has 37 heavy (non-hydrogen) atoms. The lowest BCUT2D eigenvalue weighted by atomic mass is 10.0. The lowest BCUT2D eigenvalue weighted by Crippen LogP contribution is -2.13. The molecule has 0 aliphatic rings. The van der Waals surface area contributed by atoms with E-state index in [2.05, 4.69) is 37.1 Å². The van der Waals surface area contributed by atoms with E-state index in [4.69, 9.17) is 28.3 Å². The van der Waals surface area contributed by atoms with Gasteiger partial charge < -0.3 is 10.4 Å². The third kappa shape index (κ3) is 7.45. The van der Waals surface area contributed by atoms with Crippen molar-refractivity contribution in [1.82, 2.24) is 19.9 Å². The zero-order valence-corrected chi connectivity index (χ0v) is 21.4. The maximum Gasteiger partial charge on any atom is 0.418 e. The molecule has 0 aliphatic heterocycles. The third-order valence-corrected chi connectivity index (χ3v) is 6.67. The first kappa shape index (κ1) is 28.5. The number of amides is 1. The third-order valence-electron chi connectivity index (χ3n) is 4.78. The number of nitrogens with zero attached hydrogens (tertiary/aromatic N) is 4. The average Bonchev–Trinajstić information content (AvgIpc) is 3.34. The number of halogens is 5. The van der Waals surface area contributed by atoms with E-state index in [0.717, 1.165) is 17.5 Å². The number of alkyl halides is 3. The predicted molar refractivity (Wildman–Crippen MR) is 132 cm³/mol. The fraction of sp³-hybridized carbons (Fsp3) is 0.304. The van der Waals surface area contributed by atoms with E-state index in [1.807, 2.05) is 0 Å². The Morgan fingerprint density at radius 2 is 1.95 bits per heavy atom. The van der Waals surface area contributed by atoms with Crippen LogP contribution in [0.25, 0.3) is 0 Å². The fourth-order valence-electron chi connectivity index (χ4n) is 2.95. The summed E-state index contributed by atoms with van der Waals surface area (Å²) < 4.78 is 39.1. The van der Waals surface area contributed by atoms with Gasteiger partial charge in [-0.25, -0.2) is 19.9 Å². The van der Waals surface area contributed by atoms with Crippen molar-refractivity contribution in [1.29, 1.82) is 0 Å². The number of aromatic nitrogens is 4. The number of unbranched alkanes of at least 4 members (excludes halogenated alkanes) is 1. The van der Waals surface area contributed by atoms with Crippen molar-refractivity contribution in [2.45, 2.75) is 38.3 Å². The molecule has 0 radical (unpaired) electrons. The number of aliphatic hydroxyl groups excluding tert-OH is 1. The molecular weight excluding hydrogens is 554 g/mol. The van der Waals surface area contributed by atoms with Crippen LogP contribution in [0.3, 0.4) is 0 Å². The molecule has 0 aromatic carbocycles. The van der Waals surface area contributed by atoms with Gasteiger partial charge in [-0.2, -0.15) is 13.2 Å². The van der Waals surface area contributed by atoms with Gasteiger partial charge in [-0.3, -0.25) is 9.59 Å². The molecule has 1 atom stereocenters. The summed E-state index contributed by atoms with van der Waals surface area (Å²) in [4.78, 5) is 41.3. The summed E-state index contributed by atoms with van der Waals surface area (Å²) in [6.07, 6.45) is -0.562. The largest absolute Gasteiger partial charge is 0.418 e. The Balaban J connectivity index is 1.68. The lowest BCUT2D eigenvalue weighted by molar-refractivity contribution is -0.137. The minimum absolute atomic E-state index is 0.00113. The highest BCUT2D eigenvalue weighted by molar-refractivity contribution is 7.13. The van der Waals surface area contributed by atoms with E-state index in [-0.39, 0.29) is 45.9 Å². The molecular formula is C23H18Cl2F3N5O3S. The molecule has 3 heterocycles. The second kappa shape index (κ2) is 12.4. The summed E-state index contributed by atoms with van der Waals surface area (Å²) in [5, 5.41) is 11.0. The second-order valence-corrected chi connectivity index (χ2v) is 9.45. The number of pyridine rings is 1. The maximum absolute atomic E-state index is 13.0. The zero-order chi connectivity index (χ0) is 27.2. The smallest absolute Gasteiger partial charge is 0.396 e. The molecule has 8 nitrogen and oxygen atoms in total. The van der Waals surface area contributed by atoms with E-state index in [9.17, 15) is 22.8 Å². The molecule has 2 N–H and O–H groups in total. The number of aliphatic hydroxyl groups is 1. The standard InChI is InChI=1S/C23H18Cl2F3N5O3S/c1-12(7-16(35)20-19(25)15(31-11-32-20)5-3-2-4-6-34)22-30-10-17(37-22)21(36)33-18-8-13(23(26,27)28)14(24)9-29-18/h8-12,34H,2,4,6-7H2,1H3,(H,29,33,36)/t12-/m1/s1. The maximum atomic E-state index is 13.0. The van der Waals surface area contributed by atoms with E-state index in [0.29, 0.717) is 23.9 Å². The minimum atomic E-state index is -4.71. The highest BCUT2D eigenvalue weighted by Gasteiger charge is 2.34. The Morgan fingerprint density at radius 1 is 1.19 bits per heavy atom. The monoisotopic (exact) mass is 571 g/mol.